The zero-order chi connectivity index (χ0) is 16.8. The Bertz CT molecular complexity index is 695. The molecule has 2 amide bonds. The molecule has 2 aromatic rings. The third kappa shape index (κ3) is 4.40. The molecule has 0 saturated heterocycles. The van der Waals surface area contributed by atoms with Gasteiger partial charge in [0.15, 0.2) is 0 Å². The molecule has 7 nitrogen and oxygen atoms in total. The van der Waals surface area contributed by atoms with Crippen LogP contribution in [0.2, 0.25) is 0 Å². The van der Waals surface area contributed by atoms with Gasteiger partial charge in [-0.1, -0.05) is 12.1 Å². The highest BCUT2D eigenvalue weighted by Crippen LogP contribution is 2.11. The third-order valence-electron chi connectivity index (χ3n) is 3.53. The van der Waals surface area contributed by atoms with E-state index in [1.165, 1.54) is 0 Å². The Balaban J connectivity index is 1.91. The summed E-state index contributed by atoms with van der Waals surface area (Å²) in [4.78, 5) is 23.4. The number of hydrogen-bond acceptors (Lipinski definition) is 4. The van der Waals surface area contributed by atoms with Crippen LogP contribution in [-0.2, 0) is 18.3 Å². The summed E-state index contributed by atoms with van der Waals surface area (Å²) in [5.41, 5.74) is 7.49. The van der Waals surface area contributed by atoms with Crippen molar-refractivity contribution in [2.75, 3.05) is 13.6 Å². The van der Waals surface area contributed by atoms with Gasteiger partial charge in [-0.15, -0.1) is 0 Å². The quantitative estimate of drug-likeness (QED) is 0.676. The first-order chi connectivity index (χ1) is 11.0. The van der Waals surface area contributed by atoms with Crippen molar-refractivity contribution in [2.24, 2.45) is 12.8 Å². The second-order valence-electron chi connectivity index (χ2n) is 5.27. The van der Waals surface area contributed by atoms with Gasteiger partial charge in [-0.2, -0.15) is 5.10 Å². The number of primary amides is 1. The van der Waals surface area contributed by atoms with Gasteiger partial charge in [0.1, 0.15) is 6.04 Å². The number of nitrogens with zero attached hydrogens (tertiary/aromatic N) is 2. The Morgan fingerprint density at radius 1 is 1.39 bits per heavy atom. The summed E-state index contributed by atoms with van der Waals surface area (Å²) in [5.74, 6) is -0.575. The van der Waals surface area contributed by atoms with E-state index >= 15 is 0 Å². The van der Waals surface area contributed by atoms with Crippen LogP contribution in [-0.4, -0.2) is 35.2 Å². The third-order valence-corrected chi connectivity index (χ3v) is 3.53. The molecule has 4 N–H and O–H groups in total. The van der Waals surface area contributed by atoms with Gasteiger partial charge in [-0.05, 0) is 31.2 Å². The Morgan fingerprint density at radius 3 is 2.78 bits per heavy atom. The van der Waals surface area contributed by atoms with Crippen LogP contribution in [0.1, 0.15) is 27.5 Å². The molecule has 0 aliphatic heterocycles. The monoisotopic (exact) mass is 315 g/mol. The molecular weight excluding hydrogens is 294 g/mol. The molecule has 1 atom stereocenters. The number of nitrogens with two attached hydrogens (primary N) is 1. The maximum Gasteiger partial charge on any atom is 0.248 e. The first kappa shape index (κ1) is 16.7. The van der Waals surface area contributed by atoms with E-state index in [0.29, 0.717) is 18.5 Å². The molecule has 0 aliphatic carbocycles. The van der Waals surface area contributed by atoms with Crippen molar-refractivity contribution < 1.29 is 9.59 Å². The minimum absolute atomic E-state index is 0.119. The summed E-state index contributed by atoms with van der Waals surface area (Å²) in [6, 6.07) is 6.65. The normalized spacial score (nSPS) is 11.9. The molecule has 1 aromatic carbocycles. The number of carbonyl (C=O) groups excluding carboxylic acids is 2. The van der Waals surface area contributed by atoms with Crippen molar-refractivity contribution in [3.63, 3.8) is 0 Å². The number of rotatable bonds is 7. The van der Waals surface area contributed by atoms with E-state index in [1.807, 2.05) is 6.07 Å². The first-order valence-electron chi connectivity index (χ1n) is 7.33. The van der Waals surface area contributed by atoms with E-state index in [-0.39, 0.29) is 5.91 Å². The lowest BCUT2D eigenvalue weighted by atomic mass is 10.1. The minimum atomic E-state index is -0.456. The van der Waals surface area contributed by atoms with Crippen LogP contribution < -0.4 is 16.4 Å². The molecule has 122 valence electrons. The summed E-state index contributed by atoms with van der Waals surface area (Å²) in [6.07, 6.45) is 4.09. The standard InChI is InChI=1S/C16H21N5O2/c1-18-14(13-9-20-21(2)10-13)16(23)19-7-6-11-4-3-5-12(8-11)15(17)22/h3-5,8-10,14,18H,6-7H2,1-2H3,(H2,17,22)(H,19,23). The second kappa shape index (κ2) is 7.55. The molecule has 7 heteroatoms. The van der Waals surface area contributed by atoms with E-state index in [1.54, 1.807) is 49.4 Å². The smallest absolute Gasteiger partial charge is 0.248 e. The topological polar surface area (TPSA) is 102 Å². The van der Waals surface area contributed by atoms with Crippen molar-refractivity contribution in [1.29, 1.82) is 0 Å². The van der Waals surface area contributed by atoms with E-state index in [4.69, 9.17) is 5.73 Å². The minimum Gasteiger partial charge on any atom is -0.366 e. The molecule has 0 bridgehead atoms. The first-order valence-corrected chi connectivity index (χ1v) is 7.33. The summed E-state index contributed by atoms with van der Waals surface area (Å²) >= 11 is 0. The molecule has 1 heterocycles. The number of amides is 2. The molecule has 0 aliphatic rings. The Kier molecular flexibility index (Phi) is 5.48. The van der Waals surface area contributed by atoms with Gasteiger partial charge in [0.25, 0.3) is 0 Å². The average Bonchev–Trinajstić information content (AvgIpc) is 2.94. The van der Waals surface area contributed by atoms with E-state index in [2.05, 4.69) is 15.7 Å². The lowest BCUT2D eigenvalue weighted by Gasteiger charge is -2.14. The lowest BCUT2D eigenvalue weighted by molar-refractivity contribution is -0.123. The average molecular weight is 315 g/mol. The summed E-state index contributed by atoms with van der Waals surface area (Å²) in [5, 5.41) is 9.94. The van der Waals surface area contributed by atoms with Crippen LogP contribution in [0, 0.1) is 0 Å². The fraction of sp³-hybridized carbons (Fsp3) is 0.312. The predicted molar refractivity (Wildman–Crippen MR) is 86.7 cm³/mol. The number of benzene rings is 1. The molecule has 0 spiro atoms. The molecular formula is C16H21N5O2. The number of hydrogen-bond donors (Lipinski definition) is 3. The number of carbonyl (C=O) groups is 2. The molecule has 0 radical (unpaired) electrons. The van der Waals surface area contributed by atoms with Gasteiger partial charge in [-0.25, -0.2) is 0 Å². The zero-order valence-electron chi connectivity index (χ0n) is 13.2. The van der Waals surface area contributed by atoms with Crippen molar-refractivity contribution in [3.05, 3.63) is 53.3 Å². The molecule has 2 rings (SSSR count). The van der Waals surface area contributed by atoms with Gasteiger partial charge >= 0.3 is 0 Å². The highest BCUT2D eigenvalue weighted by atomic mass is 16.2. The van der Waals surface area contributed by atoms with Crippen LogP contribution in [0.15, 0.2) is 36.7 Å². The summed E-state index contributed by atoms with van der Waals surface area (Å²) in [7, 11) is 3.54. The van der Waals surface area contributed by atoms with Gasteiger partial charge in [0.05, 0.1) is 6.20 Å². The highest BCUT2D eigenvalue weighted by molar-refractivity contribution is 5.92. The number of likely N-dealkylation sites (N-methyl/N-ethyl adjacent to an activating group) is 1. The predicted octanol–water partition coefficient (Wildman–Crippen LogP) is 0.138. The fourth-order valence-corrected chi connectivity index (χ4v) is 2.35. The van der Waals surface area contributed by atoms with Gasteiger partial charge < -0.3 is 16.4 Å². The number of aryl methyl sites for hydroxylation is 1. The van der Waals surface area contributed by atoms with E-state index in [9.17, 15) is 9.59 Å². The maximum atomic E-state index is 12.3. The Morgan fingerprint density at radius 2 is 2.17 bits per heavy atom. The second-order valence-corrected chi connectivity index (χ2v) is 5.27. The molecule has 23 heavy (non-hydrogen) atoms. The Hall–Kier alpha value is -2.67. The maximum absolute atomic E-state index is 12.3. The van der Waals surface area contributed by atoms with Crippen LogP contribution >= 0.6 is 0 Å². The SMILES string of the molecule is CNC(C(=O)NCCc1cccc(C(N)=O)c1)c1cnn(C)c1. The summed E-state index contributed by atoms with van der Waals surface area (Å²) < 4.78 is 1.66. The zero-order valence-corrected chi connectivity index (χ0v) is 13.2. The molecule has 1 aromatic heterocycles. The van der Waals surface area contributed by atoms with Crippen molar-refractivity contribution in [1.82, 2.24) is 20.4 Å². The largest absolute Gasteiger partial charge is 0.366 e. The lowest BCUT2D eigenvalue weighted by Crippen LogP contribution is -2.36. The Labute approximate surface area is 134 Å². The van der Waals surface area contributed by atoms with Crippen LogP contribution in [0.4, 0.5) is 0 Å². The van der Waals surface area contributed by atoms with Crippen LogP contribution in [0.3, 0.4) is 0 Å². The molecule has 0 saturated carbocycles. The van der Waals surface area contributed by atoms with E-state index in [0.717, 1.165) is 11.1 Å². The van der Waals surface area contributed by atoms with E-state index < -0.39 is 11.9 Å². The van der Waals surface area contributed by atoms with Crippen molar-refractivity contribution >= 4 is 11.8 Å². The number of nitrogens with one attached hydrogen (secondary N) is 2. The fourth-order valence-electron chi connectivity index (χ4n) is 2.35. The van der Waals surface area contributed by atoms with Crippen molar-refractivity contribution in [2.45, 2.75) is 12.5 Å². The number of aromatic nitrogens is 2. The van der Waals surface area contributed by atoms with Crippen LogP contribution in [0.5, 0.6) is 0 Å². The van der Waals surface area contributed by atoms with Gasteiger partial charge in [-0.3, -0.25) is 14.3 Å². The van der Waals surface area contributed by atoms with Gasteiger partial charge in [0.2, 0.25) is 11.8 Å². The van der Waals surface area contributed by atoms with Gasteiger partial charge in [0, 0.05) is 30.9 Å². The highest BCUT2D eigenvalue weighted by Gasteiger charge is 2.19. The molecule has 1 unspecified atom stereocenters. The molecule has 0 fully saturated rings. The summed E-state index contributed by atoms with van der Waals surface area (Å²) in [6.45, 7) is 0.472. The van der Waals surface area contributed by atoms with Crippen molar-refractivity contribution in [3.8, 4) is 0 Å². The van der Waals surface area contributed by atoms with Crippen LogP contribution in [0.25, 0.3) is 0 Å².